The second-order valence-corrected chi connectivity index (χ2v) is 11.3. The van der Waals surface area contributed by atoms with E-state index in [0.717, 1.165) is 70.5 Å². The number of benzene rings is 2. The molecule has 0 saturated carbocycles. The van der Waals surface area contributed by atoms with Gasteiger partial charge < -0.3 is 14.4 Å². The Labute approximate surface area is 223 Å². The molecule has 0 radical (unpaired) electrons. The van der Waals surface area contributed by atoms with Crippen molar-refractivity contribution in [3.05, 3.63) is 77.6 Å². The van der Waals surface area contributed by atoms with Crippen LogP contribution in [0, 0.1) is 12.8 Å². The van der Waals surface area contributed by atoms with Crippen molar-refractivity contribution in [2.24, 2.45) is 13.0 Å². The molecule has 1 aliphatic rings. The molecule has 5 aromatic rings. The first-order valence-corrected chi connectivity index (χ1v) is 13.4. The molecule has 1 atom stereocenters. The number of hydrogen-bond donors (Lipinski definition) is 1. The van der Waals surface area contributed by atoms with E-state index in [2.05, 4.69) is 69.5 Å². The number of ether oxygens (including phenoxy) is 1. The average molecular weight is 510 g/mol. The SMILES string of the molecule is Cc1nnn(C)c1-c1cnc2c3ccc(CC(C)(C)O)cc3n([C@H](c3ccccc3)C3CCOCC3)c2c1. The first kappa shape index (κ1) is 24.8. The third kappa shape index (κ3) is 4.50. The minimum Gasteiger partial charge on any atom is -0.390 e. The number of pyridine rings is 1. The number of fused-ring (bicyclic) bond motifs is 3. The van der Waals surface area contributed by atoms with Gasteiger partial charge in [-0.05, 0) is 62.8 Å². The highest BCUT2D eigenvalue weighted by Gasteiger charge is 2.30. The van der Waals surface area contributed by atoms with E-state index in [4.69, 9.17) is 9.72 Å². The van der Waals surface area contributed by atoms with Crippen LogP contribution in [-0.2, 0) is 18.2 Å². The summed E-state index contributed by atoms with van der Waals surface area (Å²) in [6.07, 6.45) is 4.52. The van der Waals surface area contributed by atoms with Gasteiger partial charge in [0, 0.05) is 43.8 Å². The smallest absolute Gasteiger partial charge is 0.0960 e. The average Bonchev–Trinajstić information content (AvgIpc) is 3.40. The molecule has 1 saturated heterocycles. The lowest BCUT2D eigenvalue weighted by atomic mass is 9.86. The van der Waals surface area contributed by atoms with Gasteiger partial charge in [-0.15, -0.1) is 5.10 Å². The van der Waals surface area contributed by atoms with Crippen molar-refractivity contribution in [1.29, 1.82) is 0 Å². The molecule has 1 aliphatic heterocycles. The van der Waals surface area contributed by atoms with Gasteiger partial charge in [-0.1, -0.05) is 47.7 Å². The topological polar surface area (TPSA) is 78.0 Å². The molecule has 7 heteroatoms. The van der Waals surface area contributed by atoms with Crippen molar-refractivity contribution >= 4 is 21.9 Å². The van der Waals surface area contributed by atoms with Crippen LogP contribution in [0.4, 0.5) is 0 Å². The molecule has 4 heterocycles. The maximum Gasteiger partial charge on any atom is 0.0960 e. The van der Waals surface area contributed by atoms with E-state index in [-0.39, 0.29) is 6.04 Å². The number of hydrogen-bond acceptors (Lipinski definition) is 5. The van der Waals surface area contributed by atoms with E-state index in [1.54, 1.807) is 0 Å². The first-order chi connectivity index (χ1) is 18.3. The summed E-state index contributed by atoms with van der Waals surface area (Å²) >= 11 is 0. The van der Waals surface area contributed by atoms with E-state index in [1.165, 1.54) is 5.56 Å². The molecule has 0 amide bonds. The standard InChI is InChI=1S/C31H35N5O2/c1-20-29(35(4)34-33-20)24-17-27-28(32-19-24)25-11-10-21(18-31(2,3)37)16-26(25)36(27)30(22-8-6-5-7-9-22)23-12-14-38-15-13-23/h5-11,16-17,19,23,30,37H,12-15,18H2,1-4H3/t30-/m1/s1. The molecule has 0 spiro atoms. The Kier molecular flexibility index (Phi) is 6.28. The molecular formula is C31H35N5O2. The Morgan fingerprint density at radius 3 is 2.50 bits per heavy atom. The maximum absolute atomic E-state index is 10.6. The van der Waals surface area contributed by atoms with Gasteiger partial charge in [0.15, 0.2) is 0 Å². The Bertz CT molecular complexity index is 1570. The van der Waals surface area contributed by atoms with Gasteiger partial charge in [0.2, 0.25) is 0 Å². The Hall–Kier alpha value is -3.55. The normalized spacial score (nSPS) is 15.9. The third-order valence-corrected chi connectivity index (χ3v) is 7.74. The number of aromatic nitrogens is 5. The van der Waals surface area contributed by atoms with Crippen LogP contribution in [0.2, 0.25) is 0 Å². The molecule has 3 aromatic heterocycles. The number of nitrogens with zero attached hydrogens (tertiary/aromatic N) is 5. The molecule has 38 heavy (non-hydrogen) atoms. The predicted molar refractivity (Wildman–Crippen MR) is 150 cm³/mol. The van der Waals surface area contributed by atoms with Gasteiger partial charge in [-0.25, -0.2) is 4.68 Å². The van der Waals surface area contributed by atoms with Crippen LogP contribution < -0.4 is 0 Å². The van der Waals surface area contributed by atoms with Crippen LogP contribution in [0.3, 0.4) is 0 Å². The van der Waals surface area contributed by atoms with Crippen LogP contribution in [-0.4, -0.2) is 48.5 Å². The van der Waals surface area contributed by atoms with Crippen molar-refractivity contribution < 1.29 is 9.84 Å². The summed E-state index contributed by atoms with van der Waals surface area (Å²) in [6, 6.07) is 19.7. The summed E-state index contributed by atoms with van der Waals surface area (Å²) in [5.41, 5.74) is 7.69. The summed E-state index contributed by atoms with van der Waals surface area (Å²) < 4.78 is 10.1. The zero-order chi connectivity index (χ0) is 26.4. The number of rotatable bonds is 6. The fraction of sp³-hybridized carbons (Fsp3) is 0.387. The molecular weight excluding hydrogens is 474 g/mol. The minimum absolute atomic E-state index is 0.125. The highest BCUT2D eigenvalue weighted by molar-refractivity contribution is 6.07. The summed E-state index contributed by atoms with van der Waals surface area (Å²) in [7, 11) is 1.92. The van der Waals surface area contributed by atoms with E-state index < -0.39 is 5.60 Å². The van der Waals surface area contributed by atoms with E-state index in [9.17, 15) is 5.11 Å². The Morgan fingerprint density at radius 1 is 1.05 bits per heavy atom. The molecule has 0 bridgehead atoms. The van der Waals surface area contributed by atoms with Gasteiger partial charge >= 0.3 is 0 Å². The second-order valence-electron chi connectivity index (χ2n) is 11.3. The van der Waals surface area contributed by atoms with Crippen molar-refractivity contribution in [1.82, 2.24) is 24.5 Å². The summed E-state index contributed by atoms with van der Waals surface area (Å²) in [4.78, 5) is 5.03. The van der Waals surface area contributed by atoms with Gasteiger partial charge in [-0.3, -0.25) is 4.98 Å². The Balaban J connectivity index is 1.66. The summed E-state index contributed by atoms with van der Waals surface area (Å²) in [6.45, 7) is 7.26. The predicted octanol–water partition coefficient (Wildman–Crippen LogP) is 5.62. The molecule has 0 aliphatic carbocycles. The molecule has 1 N–H and O–H groups in total. The van der Waals surface area contributed by atoms with Crippen LogP contribution in [0.5, 0.6) is 0 Å². The molecule has 7 nitrogen and oxygen atoms in total. The fourth-order valence-electron chi connectivity index (χ4n) is 6.16. The van der Waals surface area contributed by atoms with E-state index in [0.29, 0.717) is 12.3 Å². The monoisotopic (exact) mass is 509 g/mol. The zero-order valence-corrected chi connectivity index (χ0v) is 22.6. The Morgan fingerprint density at radius 2 is 1.82 bits per heavy atom. The third-order valence-electron chi connectivity index (χ3n) is 7.74. The lowest BCUT2D eigenvalue weighted by Crippen LogP contribution is -2.27. The molecule has 0 unspecified atom stereocenters. The highest BCUT2D eigenvalue weighted by Crippen LogP contribution is 2.41. The molecule has 2 aromatic carbocycles. The van der Waals surface area contributed by atoms with Gasteiger partial charge in [0.25, 0.3) is 0 Å². The van der Waals surface area contributed by atoms with Crippen molar-refractivity contribution in [2.45, 2.75) is 51.7 Å². The first-order valence-electron chi connectivity index (χ1n) is 13.4. The molecule has 1 fully saturated rings. The summed E-state index contributed by atoms with van der Waals surface area (Å²) in [5, 5.41) is 20.2. The minimum atomic E-state index is -0.792. The zero-order valence-electron chi connectivity index (χ0n) is 22.6. The number of aryl methyl sites for hydroxylation is 2. The van der Waals surface area contributed by atoms with Crippen molar-refractivity contribution in [3.8, 4) is 11.3 Å². The molecule has 196 valence electrons. The van der Waals surface area contributed by atoms with Crippen molar-refractivity contribution in [2.75, 3.05) is 13.2 Å². The number of aliphatic hydroxyl groups is 1. The fourth-order valence-corrected chi connectivity index (χ4v) is 6.16. The largest absolute Gasteiger partial charge is 0.390 e. The quantitative estimate of drug-likeness (QED) is 0.321. The van der Waals surface area contributed by atoms with Gasteiger partial charge in [0.05, 0.1) is 39.6 Å². The van der Waals surface area contributed by atoms with Gasteiger partial charge in [-0.2, -0.15) is 0 Å². The van der Waals surface area contributed by atoms with E-state index >= 15 is 0 Å². The van der Waals surface area contributed by atoms with Crippen LogP contribution in [0.1, 0.15) is 49.6 Å². The van der Waals surface area contributed by atoms with Gasteiger partial charge in [0.1, 0.15) is 0 Å². The maximum atomic E-state index is 10.6. The second kappa shape index (κ2) is 9.64. The van der Waals surface area contributed by atoms with E-state index in [1.807, 2.05) is 38.7 Å². The lowest BCUT2D eigenvalue weighted by molar-refractivity contribution is 0.0552. The highest BCUT2D eigenvalue weighted by atomic mass is 16.5. The molecule has 6 rings (SSSR count). The lowest BCUT2D eigenvalue weighted by Gasteiger charge is -2.33. The summed E-state index contributed by atoms with van der Waals surface area (Å²) in [5.74, 6) is 0.423. The van der Waals surface area contributed by atoms with Crippen LogP contribution >= 0.6 is 0 Å². The van der Waals surface area contributed by atoms with Crippen LogP contribution in [0.25, 0.3) is 33.2 Å². The van der Waals surface area contributed by atoms with Crippen molar-refractivity contribution in [3.63, 3.8) is 0 Å². The van der Waals surface area contributed by atoms with Crippen LogP contribution in [0.15, 0.2) is 60.8 Å².